The Hall–Kier alpha value is -1.01. The van der Waals surface area contributed by atoms with Crippen LogP contribution < -0.4 is 5.32 Å². The number of amides is 1. The minimum absolute atomic E-state index is 0.0280. The predicted octanol–water partition coefficient (Wildman–Crippen LogP) is 3.30. The lowest BCUT2D eigenvalue weighted by Gasteiger charge is -2.32. The van der Waals surface area contributed by atoms with Crippen LogP contribution in [-0.2, 0) is 9.59 Å². The van der Waals surface area contributed by atoms with Crippen LogP contribution in [0.5, 0.6) is 0 Å². The standard InChI is InChI=1S/C15H18BrNO3S/c16-11-3-5-13(6-4-11)21-7-1-2-14(18)17-12-8-10(9-12)15(19)20/h3-6,10,12H,1-2,7-9H2,(H,17,18)(H,19,20). The van der Waals surface area contributed by atoms with Crippen molar-refractivity contribution in [3.63, 3.8) is 0 Å². The molecule has 1 aliphatic rings. The third kappa shape index (κ3) is 5.36. The summed E-state index contributed by atoms with van der Waals surface area (Å²) in [4.78, 5) is 23.6. The van der Waals surface area contributed by atoms with Gasteiger partial charge in [-0.25, -0.2) is 0 Å². The highest BCUT2D eigenvalue weighted by molar-refractivity contribution is 9.10. The fourth-order valence-electron chi connectivity index (χ4n) is 2.19. The maximum absolute atomic E-state index is 11.7. The first-order chi connectivity index (χ1) is 10.0. The summed E-state index contributed by atoms with van der Waals surface area (Å²) in [5, 5.41) is 11.7. The van der Waals surface area contributed by atoms with Crippen molar-refractivity contribution in [1.82, 2.24) is 5.32 Å². The first-order valence-electron chi connectivity index (χ1n) is 6.95. The van der Waals surface area contributed by atoms with E-state index < -0.39 is 5.97 Å². The van der Waals surface area contributed by atoms with Crippen molar-refractivity contribution in [2.75, 3.05) is 5.75 Å². The summed E-state index contributed by atoms with van der Waals surface area (Å²) in [6.45, 7) is 0. The molecule has 0 aromatic heterocycles. The van der Waals surface area contributed by atoms with Crippen LogP contribution in [-0.4, -0.2) is 28.8 Å². The molecule has 0 bridgehead atoms. The SMILES string of the molecule is O=C(CCCSc1ccc(Br)cc1)NC1CC(C(=O)O)C1. The Bertz CT molecular complexity index is 500. The molecule has 0 heterocycles. The first-order valence-corrected chi connectivity index (χ1v) is 8.73. The molecule has 1 aliphatic carbocycles. The van der Waals surface area contributed by atoms with Crippen LogP contribution in [0.25, 0.3) is 0 Å². The topological polar surface area (TPSA) is 66.4 Å². The second kappa shape index (κ2) is 7.84. The van der Waals surface area contributed by atoms with Gasteiger partial charge in [-0.15, -0.1) is 11.8 Å². The van der Waals surface area contributed by atoms with E-state index in [1.807, 2.05) is 12.1 Å². The number of hydrogen-bond acceptors (Lipinski definition) is 3. The molecule has 2 N–H and O–H groups in total. The van der Waals surface area contributed by atoms with Gasteiger partial charge in [0.25, 0.3) is 0 Å². The van der Waals surface area contributed by atoms with E-state index >= 15 is 0 Å². The van der Waals surface area contributed by atoms with Crippen molar-refractivity contribution in [2.45, 2.75) is 36.6 Å². The van der Waals surface area contributed by atoms with Crippen LogP contribution >= 0.6 is 27.7 Å². The first kappa shape index (κ1) is 16.4. The molecule has 0 atom stereocenters. The van der Waals surface area contributed by atoms with Crippen molar-refractivity contribution < 1.29 is 14.7 Å². The Morgan fingerprint density at radius 2 is 1.95 bits per heavy atom. The van der Waals surface area contributed by atoms with E-state index in [1.54, 1.807) is 11.8 Å². The van der Waals surface area contributed by atoms with E-state index in [4.69, 9.17) is 5.11 Å². The van der Waals surface area contributed by atoms with Gasteiger partial charge >= 0.3 is 5.97 Å². The second-order valence-corrected chi connectivity index (χ2v) is 7.26. The van der Waals surface area contributed by atoms with Crippen molar-refractivity contribution in [3.8, 4) is 0 Å². The van der Waals surface area contributed by atoms with Crippen LogP contribution in [0.2, 0.25) is 0 Å². The van der Waals surface area contributed by atoms with Gasteiger partial charge in [-0.3, -0.25) is 9.59 Å². The molecule has 0 spiro atoms. The number of carbonyl (C=O) groups excluding carboxylic acids is 1. The van der Waals surface area contributed by atoms with Gasteiger partial charge in [0.1, 0.15) is 0 Å². The van der Waals surface area contributed by atoms with Crippen molar-refractivity contribution in [1.29, 1.82) is 0 Å². The molecule has 114 valence electrons. The average molecular weight is 372 g/mol. The van der Waals surface area contributed by atoms with E-state index in [0.717, 1.165) is 16.6 Å². The Labute approximate surface area is 136 Å². The summed E-state index contributed by atoms with van der Waals surface area (Å²) in [7, 11) is 0. The van der Waals surface area contributed by atoms with E-state index in [-0.39, 0.29) is 17.9 Å². The van der Waals surface area contributed by atoms with E-state index in [0.29, 0.717) is 19.3 Å². The number of nitrogens with one attached hydrogen (secondary N) is 1. The van der Waals surface area contributed by atoms with E-state index in [2.05, 4.69) is 33.4 Å². The smallest absolute Gasteiger partial charge is 0.306 e. The van der Waals surface area contributed by atoms with Gasteiger partial charge in [-0.05, 0) is 49.3 Å². The summed E-state index contributed by atoms with van der Waals surface area (Å²) in [5.74, 6) is -0.104. The summed E-state index contributed by atoms with van der Waals surface area (Å²) in [6.07, 6.45) is 2.45. The minimum Gasteiger partial charge on any atom is -0.481 e. The summed E-state index contributed by atoms with van der Waals surface area (Å²) < 4.78 is 1.06. The maximum atomic E-state index is 11.7. The number of hydrogen-bond donors (Lipinski definition) is 2. The Kier molecular flexibility index (Phi) is 6.11. The molecule has 4 nitrogen and oxygen atoms in total. The highest BCUT2D eigenvalue weighted by atomic mass is 79.9. The fraction of sp³-hybridized carbons (Fsp3) is 0.467. The molecule has 1 amide bonds. The highest BCUT2D eigenvalue weighted by Gasteiger charge is 2.34. The zero-order valence-electron chi connectivity index (χ0n) is 11.5. The molecule has 0 saturated heterocycles. The van der Waals surface area contributed by atoms with Crippen molar-refractivity contribution in [2.24, 2.45) is 5.92 Å². The third-order valence-electron chi connectivity index (χ3n) is 3.48. The molecule has 1 aromatic rings. The largest absolute Gasteiger partial charge is 0.481 e. The number of carbonyl (C=O) groups is 2. The Balaban J connectivity index is 1.56. The highest BCUT2D eigenvalue weighted by Crippen LogP contribution is 2.27. The van der Waals surface area contributed by atoms with Gasteiger partial charge in [-0.1, -0.05) is 15.9 Å². The zero-order valence-corrected chi connectivity index (χ0v) is 14.0. The quantitative estimate of drug-likeness (QED) is 0.569. The molecule has 0 aliphatic heterocycles. The number of carboxylic acids is 1. The van der Waals surface area contributed by atoms with Gasteiger partial charge in [-0.2, -0.15) is 0 Å². The fourth-order valence-corrected chi connectivity index (χ4v) is 3.31. The molecular weight excluding hydrogens is 354 g/mol. The molecular formula is C15H18BrNO3S. The summed E-state index contributed by atoms with van der Waals surface area (Å²) in [6, 6.07) is 8.16. The van der Waals surface area contributed by atoms with Gasteiger partial charge in [0.15, 0.2) is 0 Å². The summed E-state index contributed by atoms with van der Waals surface area (Å²) >= 11 is 5.13. The molecule has 0 unspecified atom stereocenters. The molecule has 21 heavy (non-hydrogen) atoms. The maximum Gasteiger partial charge on any atom is 0.306 e. The van der Waals surface area contributed by atoms with Gasteiger partial charge in [0.2, 0.25) is 5.91 Å². The minimum atomic E-state index is -0.758. The Morgan fingerprint density at radius 3 is 2.57 bits per heavy atom. The van der Waals surface area contributed by atoms with E-state index in [1.165, 1.54) is 4.90 Å². The van der Waals surface area contributed by atoms with Crippen LogP contribution in [0.1, 0.15) is 25.7 Å². The number of rotatable bonds is 7. The normalized spacial score (nSPS) is 20.6. The van der Waals surface area contributed by atoms with Gasteiger partial charge in [0.05, 0.1) is 5.92 Å². The lowest BCUT2D eigenvalue weighted by molar-refractivity contribution is -0.146. The number of carboxylic acid groups (broad SMARTS) is 1. The number of benzene rings is 1. The average Bonchev–Trinajstić information content (AvgIpc) is 2.40. The van der Waals surface area contributed by atoms with Crippen molar-refractivity contribution in [3.05, 3.63) is 28.7 Å². The number of aliphatic carboxylic acids is 1. The molecule has 2 rings (SSSR count). The number of halogens is 1. The Morgan fingerprint density at radius 1 is 1.29 bits per heavy atom. The lowest BCUT2D eigenvalue weighted by atomic mass is 9.80. The van der Waals surface area contributed by atoms with Crippen molar-refractivity contribution >= 4 is 39.6 Å². The summed E-state index contributed by atoms with van der Waals surface area (Å²) in [5.41, 5.74) is 0. The molecule has 0 radical (unpaired) electrons. The van der Waals surface area contributed by atoms with Crippen LogP contribution in [0.4, 0.5) is 0 Å². The number of thioether (sulfide) groups is 1. The van der Waals surface area contributed by atoms with Gasteiger partial charge < -0.3 is 10.4 Å². The van der Waals surface area contributed by atoms with Crippen LogP contribution in [0, 0.1) is 5.92 Å². The molecule has 6 heteroatoms. The van der Waals surface area contributed by atoms with Crippen LogP contribution in [0.15, 0.2) is 33.6 Å². The molecule has 1 fully saturated rings. The predicted molar refractivity (Wildman–Crippen MR) is 86.4 cm³/mol. The van der Waals surface area contributed by atoms with E-state index in [9.17, 15) is 9.59 Å². The monoisotopic (exact) mass is 371 g/mol. The third-order valence-corrected chi connectivity index (χ3v) is 5.11. The zero-order chi connectivity index (χ0) is 15.2. The van der Waals surface area contributed by atoms with Gasteiger partial charge in [0, 0.05) is 21.8 Å². The molecule has 1 aromatic carbocycles. The molecule has 1 saturated carbocycles. The lowest BCUT2D eigenvalue weighted by Crippen LogP contribution is -2.46. The van der Waals surface area contributed by atoms with Crippen LogP contribution in [0.3, 0.4) is 0 Å². The second-order valence-electron chi connectivity index (χ2n) is 5.18.